The van der Waals surface area contributed by atoms with Gasteiger partial charge in [0, 0.05) is 5.56 Å². The molecule has 0 heterocycles. The molecule has 86 valence electrons. The highest BCUT2D eigenvalue weighted by atomic mass is 79.9. The van der Waals surface area contributed by atoms with Gasteiger partial charge < -0.3 is 15.2 Å². The Morgan fingerprint density at radius 2 is 2.31 bits per heavy atom. The second-order valence-corrected chi connectivity index (χ2v) is 3.74. The van der Waals surface area contributed by atoms with Crippen LogP contribution in [0.1, 0.15) is 10.4 Å². The molecule has 0 bridgehead atoms. The smallest absolute Gasteiger partial charge is 0.404 e. The van der Waals surface area contributed by atoms with E-state index in [9.17, 15) is 9.59 Å². The highest BCUT2D eigenvalue weighted by Gasteiger charge is 2.02. The molecule has 1 aromatic rings. The van der Waals surface area contributed by atoms with Crippen molar-refractivity contribution in [2.45, 2.75) is 0 Å². The first kappa shape index (κ1) is 12.5. The van der Waals surface area contributed by atoms with Crippen LogP contribution in [-0.2, 0) is 0 Å². The van der Waals surface area contributed by atoms with Gasteiger partial charge in [-0.2, -0.15) is 0 Å². The number of carbonyl (C=O) groups is 2. The van der Waals surface area contributed by atoms with E-state index in [0.29, 0.717) is 15.8 Å². The van der Waals surface area contributed by atoms with Gasteiger partial charge in [-0.15, -0.1) is 0 Å². The van der Waals surface area contributed by atoms with Crippen molar-refractivity contribution >= 4 is 28.3 Å². The van der Waals surface area contributed by atoms with Crippen LogP contribution in [0, 0.1) is 0 Å². The molecule has 0 aromatic heterocycles. The van der Waals surface area contributed by atoms with Crippen molar-refractivity contribution in [3.8, 4) is 5.75 Å². The van der Waals surface area contributed by atoms with Gasteiger partial charge in [-0.3, -0.25) is 4.79 Å². The lowest BCUT2D eigenvalue weighted by Crippen LogP contribution is -2.26. The molecule has 0 aliphatic rings. The number of ether oxygens (including phenoxy) is 1. The summed E-state index contributed by atoms with van der Waals surface area (Å²) in [4.78, 5) is 20.7. The second kappa shape index (κ2) is 6.12. The first-order valence-electron chi connectivity index (χ1n) is 4.48. The minimum Gasteiger partial charge on any atom is -0.491 e. The van der Waals surface area contributed by atoms with Gasteiger partial charge in [0.2, 0.25) is 0 Å². The van der Waals surface area contributed by atoms with Crippen molar-refractivity contribution < 1.29 is 19.4 Å². The largest absolute Gasteiger partial charge is 0.491 e. The van der Waals surface area contributed by atoms with Gasteiger partial charge in [-0.25, -0.2) is 4.79 Å². The quantitative estimate of drug-likeness (QED) is 0.641. The topological polar surface area (TPSA) is 75.6 Å². The number of aldehydes is 1. The number of hydrogen-bond donors (Lipinski definition) is 2. The van der Waals surface area contributed by atoms with Gasteiger partial charge in [0.25, 0.3) is 0 Å². The zero-order valence-corrected chi connectivity index (χ0v) is 9.86. The number of nitrogens with one attached hydrogen (secondary N) is 1. The van der Waals surface area contributed by atoms with Crippen molar-refractivity contribution in [3.63, 3.8) is 0 Å². The van der Waals surface area contributed by atoms with Crippen LogP contribution in [-0.4, -0.2) is 30.6 Å². The fraction of sp³-hybridized carbons (Fsp3) is 0.200. The predicted octanol–water partition coefficient (Wildman–Crippen LogP) is 1.91. The minimum absolute atomic E-state index is 0.188. The van der Waals surface area contributed by atoms with Gasteiger partial charge in [0.1, 0.15) is 18.6 Å². The molecule has 6 heteroatoms. The molecular formula is C10H10BrNO4. The summed E-state index contributed by atoms with van der Waals surface area (Å²) in [7, 11) is 0. The van der Waals surface area contributed by atoms with Crippen LogP contribution in [0.4, 0.5) is 4.79 Å². The Morgan fingerprint density at radius 1 is 1.56 bits per heavy atom. The Hall–Kier alpha value is -1.56. The minimum atomic E-state index is -1.09. The molecule has 0 radical (unpaired) electrons. The van der Waals surface area contributed by atoms with Gasteiger partial charge >= 0.3 is 6.09 Å². The van der Waals surface area contributed by atoms with Gasteiger partial charge in [0.15, 0.2) is 0 Å². The Labute approximate surface area is 101 Å². The number of hydrogen-bond acceptors (Lipinski definition) is 3. The molecule has 0 unspecified atom stereocenters. The highest BCUT2D eigenvalue weighted by molar-refractivity contribution is 9.10. The Bertz CT molecular complexity index is 394. The molecular weight excluding hydrogens is 278 g/mol. The van der Waals surface area contributed by atoms with Gasteiger partial charge in [0.05, 0.1) is 11.0 Å². The van der Waals surface area contributed by atoms with E-state index in [1.54, 1.807) is 18.2 Å². The first-order valence-corrected chi connectivity index (χ1v) is 5.27. The van der Waals surface area contributed by atoms with Crippen molar-refractivity contribution in [3.05, 3.63) is 28.2 Å². The monoisotopic (exact) mass is 287 g/mol. The van der Waals surface area contributed by atoms with Crippen molar-refractivity contribution in [2.75, 3.05) is 13.2 Å². The Balaban J connectivity index is 2.52. The zero-order chi connectivity index (χ0) is 12.0. The van der Waals surface area contributed by atoms with Crippen LogP contribution in [0.2, 0.25) is 0 Å². The zero-order valence-electron chi connectivity index (χ0n) is 8.27. The van der Waals surface area contributed by atoms with Crippen molar-refractivity contribution in [2.24, 2.45) is 0 Å². The lowest BCUT2D eigenvalue weighted by atomic mass is 10.2. The second-order valence-electron chi connectivity index (χ2n) is 2.89. The molecule has 2 N–H and O–H groups in total. The summed E-state index contributed by atoms with van der Waals surface area (Å²) in [5.41, 5.74) is 0.504. The summed E-state index contributed by atoms with van der Waals surface area (Å²) in [5, 5.41) is 10.5. The summed E-state index contributed by atoms with van der Waals surface area (Å²) in [5.74, 6) is 0.511. The number of carboxylic acid groups (broad SMARTS) is 1. The molecule has 0 spiro atoms. The van der Waals surface area contributed by atoms with Crippen molar-refractivity contribution in [1.29, 1.82) is 0 Å². The maximum absolute atomic E-state index is 10.5. The molecule has 0 fully saturated rings. The van der Waals surface area contributed by atoms with Crippen LogP contribution in [0.25, 0.3) is 0 Å². The summed E-state index contributed by atoms with van der Waals surface area (Å²) in [6, 6.07) is 4.93. The van der Waals surface area contributed by atoms with Gasteiger partial charge in [-0.1, -0.05) is 6.07 Å². The third-order valence-corrected chi connectivity index (χ3v) is 2.38. The average Bonchev–Trinajstić information content (AvgIpc) is 2.26. The lowest BCUT2D eigenvalue weighted by Gasteiger charge is -2.08. The van der Waals surface area contributed by atoms with E-state index in [4.69, 9.17) is 9.84 Å². The molecule has 1 amide bonds. The third kappa shape index (κ3) is 3.90. The summed E-state index contributed by atoms with van der Waals surface area (Å²) < 4.78 is 6.01. The number of rotatable bonds is 5. The molecule has 0 aliphatic heterocycles. The summed E-state index contributed by atoms with van der Waals surface area (Å²) in [6.07, 6.45) is -0.376. The van der Waals surface area contributed by atoms with E-state index in [2.05, 4.69) is 21.2 Å². The van der Waals surface area contributed by atoms with E-state index in [-0.39, 0.29) is 13.2 Å². The number of carbonyl (C=O) groups excluding carboxylic acids is 1. The maximum atomic E-state index is 10.5. The van der Waals surface area contributed by atoms with Crippen LogP contribution < -0.4 is 10.1 Å². The van der Waals surface area contributed by atoms with Crippen LogP contribution in [0.15, 0.2) is 22.7 Å². The first-order chi connectivity index (χ1) is 7.63. The van der Waals surface area contributed by atoms with E-state index in [1.807, 2.05) is 0 Å². The molecule has 1 aromatic carbocycles. The normalized spacial score (nSPS) is 9.56. The fourth-order valence-corrected chi connectivity index (χ4v) is 1.38. The number of benzene rings is 1. The number of halogens is 1. The predicted molar refractivity (Wildman–Crippen MR) is 61.1 cm³/mol. The molecule has 0 atom stereocenters. The van der Waals surface area contributed by atoms with E-state index < -0.39 is 6.09 Å². The third-order valence-electron chi connectivity index (χ3n) is 1.73. The van der Waals surface area contributed by atoms with E-state index in [0.717, 1.165) is 6.29 Å². The Morgan fingerprint density at radius 3 is 2.94 bits per heavy atom. The lowest BCUT2D eigenvalue weighted by molar-refractivity contribution is 0.112. The Kier molecular flexibility index (Phi) is 4.78. The van der Waals surface area contributed by atoms with Crippen molar-refractivity contribution in [1.82, 2.24) is 5.32 Å². The standard InChI is InChI=1S/C10H10BrNO4/c11-8-2-1-7(6-13)5-9(8)16-4-3-12-10(14)15/h1-2,5-6,12H,3-4H2,(H,14,15). The van der Waals surface area contributed by atoms with E-state index >= 15 is 0 Å². The fourth-order valence-electron chi connectivity index (χ4n) is 1.02. The van der Waals surface area contributed by atoms with Crippen LogP contribution in [0.3, 0.4) is 0 Å². The molecule has 0 saturated heterocycles. The number of amides is 1. The summed E-state index contributed by atoms with van der Waals surface area (Å²) in [6.45, 7) is 0.389. The average molecular weight is 288 g/mol. The molecule has 0 aliphatic carbocycles. The SMILES string of the molecule is O=Cc1ccc(Br)c(OCCNC(=O)O)c1. The highest BCUT2D eigenvalue weighted by Crippen LogP contribution is 2.25. The van der Waals surface area contributed by atoms with Gasteiger partial charge in [-0.05, 0) is 28.1 Å². The molecule has 5 nitrogen and oxygen atoms in total. The molecule has 0 saturated carbocycles. The summed E-state index contributed by atoms with van der Waals surface area (Å²) >= 11 is 3.26. The van der Waals surface area contributed by atoms with Crippen LogP contribution >= 0.6 is 15.9 Å². The molecule has 1 rings (SSSR count). The maximum Gasteiger partial charge on any atom is 0.404 e. The van der Waals surface area contributed by atoms with Crippen LogP contribution in [0.5, 0.6) is 5.75 Å². The molecule has 16 heavy (non-hydrogen) atoms. The van der Waals surface area contributed by atoms with E-state index in [1.165, 1.54) is 0 Å².